The van der Waals surface area contributed by atoms with Crippen LogP contribution in [0.3, 0.4) is 0 Å². The van der Waals surface area contributed by atoms with Gasteiger partial charge in [-0.1, -0.05) is 191 Å². The van der Waals surface area contributed by atoms with Crippen LogP contribution >= 0.6 is 0 Å². The minimum absolute atomic E-state index is 0.0820. The number of allylic oxidation sites excluding steroid dienone is 8. The third-order valence-corrected chi connectivity index (χ3v) is 10.3. The summed E-state index contributed by atoms with van der Waals surface area (Å²) in [6.45, 7) is 6.53. The normalized spacial score (nSPS) is 12.4. The Morgan fingerprint density at radius 3 is 1.05 bits per heavy atom. The van der Waals surface area contributed by atoms with Gasteiger partial charge in [-0.25, -0.2) is 0 Å². The topological polar surface area (TPSA) is 78.9 Å². The van der Waals surface area contributed by atoms with E-state index in [0.29, 0.717) is 19.3 Å². The first-order valence-electron chi connectivity index (χ1n) is 24.1. The fraction of sp³-hybridized carbons (Fsp3) is 0.784. The number of rotatable bonds is 43. The molecule has 0 aliphatic carbocycles. The second-order valence-electron chi connectivity index (χ2n) is 16.0. The zero-order valence-corrected chi connectivity index (χ0v) is 37.6. The predicted octanol–water partition coefficient (Wildman–Crippen LogP) is 15.5. The Morgan fingerprint density at radius 2 is 0.649 bits per heavy atom. The Kier molecular flexibility index (Phi) is 43.9. The van der Waals surface area contributed by atoms with Crippen molar-refractivity contribution in [1.82, 2.24) is 0 Å². The molecule has 0 aliphatic rings. The van der Waals surface area contributed by atoms with E-state index in [0.717, 1.165) is 103 Å². The molecule has 0 aromatic carbocycles. The Hall–Kier alpha value is -2.63. The Balaban J connectivity index is 4.40. The second kappa shape index (κ2) is 46.1. The van der Waals surface area contributed by atoms with Gasteiger partial charge in [0.1, 0.15) is 13.2 Å². The van der Waals surface area contributed by atoms with Crippen molar-refractivity contribution in [1.29, 1.82) is 0 Å². The molecule has 0 fully saturated rings. The molecular formula is C51H90O6. The highest BCUT2D eigenvalue weighted by molar-refractivity contribution is 5.71. The summed E-state index contributed by atoms with van der Waals surface area (Å²) in [6, 6.07) is 0. The number of carbonyl (C=O) groups excluding carboxylic acids is 3. The van der Waals surface area contributed by atoms with Crippen LogP contribution in [0.5, 0.6) is 0 Å². The molecule has 6 nitrogen and oxygen atoms in total. The number of esters is 3. The smallest absolute Gasteiger partial charge is 0.306 e. The van der Waals surface area contributed by atoms with Crippen molar-refractivity contribution in [3.05, 3.63) is 48.6 Å². The van der Waals surface area contributed by atoms with E-state index in [1.54, 1.807) is 0 Å². The Morgan fingerprint density at radius 1 is 0.351 bits per heavy atom. The summed E-state index contributed by atoms with van der Waals surface area (Å²) in [4.78, 5) is 37.8. The maximum absolute atomic E-state index is 12.7. The number of hydrogen-bond acceptors (Lipinski definition) is 6. The van der Waals surface area contributed by atoms with Gasteiger partial charge >= 0.3 is 17.9 Å². The molecule has 0 N–H and O–H groups in total. The lowest BCUT2D eigenvalue weighted by atomic mass is 10.1. The van der Waals surface area contributed by atoms with Gasteiger partial charge < -0.3 is 14.2 Å². The van der Waals surface area contributed by atoms with Gasteiger partial charge in [0.25, 0.3) is 0 Å². The largest absolute Gasteiger partial charge is 0.462 e. The minimum Gasteiger partial charge on any atom is -0.462 e. The monoisotopic (exact) mass is 799 g/mol. The first-order valence-corrected chi connectivity index (χ1v) is 24.1. The minimum atomic E-state index is -0.781. The second-order valence-corrected chi connectivity index (χ2v) is 16.0. The number of unbranched alkanes of at least 4 members (excludes halogenated alkanes) is 24. The standard InChI is InChI=1S/C51H90O6/c1-4-7-10-13-16-19-22-24-26-28-29-32-35-38-41-44-50(53)56-47-48(46-55-49(52)43-40-37-34-31-21-18-15-12-9-6-3)57-51(54)45-42-39-36-33-30-27-25-23-20-17-14-11-8-5-2/h14,16-17,19,23-26,48H,4-13,15,18,20-22,27-47H2,1-3H3/b17-14-,19-16-,25-23-,26-24-. The van der Waals surface area contributed by atoms with Gasteiger partial charge in [0.15, 0.2) is 6.10 Å². The van der Waals surface area contributed by atoms with Gasteiger partial charge in [0.2, 0.25) is 0 Å². The zero-order chi connectivity index (χ0) is 41.5. The molecular weight excluding hydrogens is 709 g/mol. The van der Waals surface area contributed by atoms with E-state index in [4.69, 9.17) is 14.2 Å². The van der Waals surface area contributed by atoms with E-state index in [1.807, 2.05) is 0 Å². The Labute approximate surface area is 352 Å². The molecule has 1 atom stereocenters. The molecule has 0 saturated carbocycles. The summed E-state index contributed by atoms with van der Waals surface area (Å²) < 4.78 is 16.7. The van der Waals surface area contributed by atoms with Crippen LogP contribution in [0.25, 0.3) is 0 Å². The molecule has 57 heavy (non-hydrogen) atoms. The number of hydrogen-bond donors (Lipinski definition) is 0. The first-order chi connectivity index (χ1) is 28.0. The third-order valence-electron chi connectivity index (χ3n) is 10.3. The van der Waals surface area contributed by atoms with Crippen LogP contribution in [0.1, 0.15) is 239 Å². The molecule has 0 bridgehead atoms. The van der Waals surface area contributed by atoms with Crippen LogP contribution in [0.15, 0.2) is 48.6 Å². The molecule has 0 aliphatic heterocycles. The van der Waals surface area contributed by atoms with Crippen LogP contribution in [-0.2, 0) is 28.6 Å². The van der Waals surface area contributed by atoms with E-state index in [9.17, 15) is 14.4 Å². The van der Waals surface area contributed by atoms with E-state index >= 15 is 0 Å². The van der Waals surface area contributed by atoms with Gasteiger partial charge in [-0.15, -0.1) is 0 Å². The van der Waals surface area contributed by atoms with Crippen LogP contribution in [0.4, 0.5) is 0 Å². The molecule has 330 valence electrons. The summed E-state index contributed by atoms with van der Waals surface area (Å²) in [6.07, 6.45) is 53.7. The van der Waals surface area contributed by atoms with Crippen molar-refractivity contribution in [3.8, 4) is 0 Å². The lowest BCUT2D eigenvalue weighted by Crippen LogP contribution is -2.30. The molecule has 0 saturated heterocycles. The lowest BCUT2D eigenvalue weighted by Gasteiger charge is -2.18. The Bertz CT molecular complexity index is 1010. The molecule has 0 aromatic rings. The van der Waals surface area contributed by atoms with Crippen LogP contribution in [-0.4, -0.2) is 37.2 Å². The predicted molar refractivity (Wildman–Crippen MR) is 242 cm³/mol. The third kappa shape index (κ3) is 44.3. The summed E-state index contributed by atoms with van der Waals surface area (Å²) >= 11 is 0. The summed E-state index contributed by atoms with van der Waals surface area (Å²) in [5.74, 6) is -0.910. The van der Waals surface area contributed by atoms with Crippen LogP contribution < -0.4 is 0 Å². The molecule has 0 spiro atoms. The van der Waals surface area contributed by atoms with Crippen LogP contribution in [0, 0.1) is 0 Å². The molecule has 0 rings (SSSR count). The molecule has 0 aromatic heterocycles. The molecule has 0 radical (unpaired) electrons. The van der Waals surface area contributed by atoms with Crippen LogP contribution in [0.2, 0.25) is 0 Å². The van der Waals surface area contributed by atoms with Crippen molar-refractivity contribution < 1.29 is 28.6 Å². The average molecular weight is 799 g/mol. The van der Waals surface area contributed by atoms with Gasteiger partial charge in [0.05, 0.1) is 0 Å². The van der Waals surface area contributed by atoms with E-state index in [-0.39, 0.29) is 31.1 Å². The number of ether oxygens (including phenoxy) is 3. The highest BCUT2D eigenvalue weighted by atomic mass is 16.6. The molecule has 0 heterocycles. The van der Waals surface area contributed by atoms with Gasteiger partial charge in [-0.3, -0.25) is 14.4 Å². The molecule has 0 amide bonds. The summed E-state index contributed by atoms with van der Waals surface area (Å²) in [7, 11) is 0. The summed E-state index contributed by atoms with van der Waals surface area (Å²) in [5, 5.41) is 0. The van der Waals surface area contributed by atoms with Gasteiger partial charge in [0, 0.05) is 19.3 Å². The van der Waals surface area contributed by atoms with E-state index < -0.39 is 6.10 Å². The maximum atomic E-state index is 12.7. The van der Waals surface area contributed by atoms with Gasteiger partial charge in [-0.2, -0.15) is 0 Å². The lowest BCUT2D eigenvalue weighted by molar-refractivity contribution is -0.167. The first kappa shape index (κ1) is 54.4. The highest BCUT2D eigenvalue weighted by Gasteiger charge is 2.19. The summed E-state index contributed by atoms with van der Waals surface area (Å²) in [5.41, 5.74) is 0. The average Bonchev–Trinajstić information content (AvgIpc) is 3.21. The van der Waals surface area contributed by atoms with Crippen molar-refractivity contribution in [3.63, 3.8) is 0 Å². The number of carbonyl (C=O) groups is 3. The highest BCUT2D eigenvalue weighted by Crippen LogP contribution is 2.14. The van der Waals surface area contributed by atoms with Crippen molar-refractivity contribution in [2.45, 2.75) is 245 Å². The van der Waals surface area contributed by atoms with Crippen molar-refractivity contribution in [2.75, 3.05) is 13.2 Å². The van der Waals surface area contributed by atoms with Crippen molar-refractivity contribution >= 4 is 17.9 Å². The van der Waals surface area contributed by atoms with E-state index in [1.165, 1.54) is 96.3 Å². The molecule has 6 heteroatoms. The SMILES string of the molecule is CCCC/C=C\C/C=C\CCCCCCCC(=O)OC(COC(=O)CCCCCCC/C=C\C/C=C\CCCCC)COC(=O)CCCCCCCCCCCC. The zero-order valence-electron chi connectivity index (χ0n) is 37.6. The van der Waals surface area contributed by atoms with E-state index in [2.05, 4.69) is 69.4 Å². The maximum Gasteiger partial charge on any atom is 0.306 e. The quantitative estimate of drug-likeness (QED) is 0.0265. The fourth-order valence-corrected chi connectivity index (χ4v) is 6.61. The van der Waals surface area contributed by atoms with Crippen molar-refractivity contribution in [2.24, 2.45) is 0 Å². The molecule has 1 unspecified atom stereocenters. The fourth-order valence-electron chi connectivity index (χ4n) is 6.61. The van der Waals surface area contributed by atoms with Gasteiger partial charge in [-0.05, 0) is 77.0 Å².